The molecule has 7 heteroatoms. The van der Waals surface area contributed by atoms with Crippen molar-refractivity contribution in [3.05, 3.63) is 71.3 Å². The summed E-state index contributed by atoms with van der Waals surface area (Å²) in [5.41, 5.74) is 2.34. The van der Waals surface area contributed by atoms with Crippen molar-refractivity contribution in [2.24, 2.45) is 0 Å². The number of aromatic nitrogens is 2. The third kappa shape index (κ3) is 4.79. The summed E-state index contributed by atoms with van der Waals surface area (Å²) < 4.78 is 26.7. The average Bonchev–Trinajstić information content (AvgIpc) is 3.12. The summed E-state index contributed by atoms with van der Waals surface area (Å²) in [4.78, 5) is 12.6. The van der Waals surface area contributed by atoms with Crippen molar-refractivity contribution >= 4 is 5.91 Å². The van der Waals surface area contributed by atoms with Gasteiger partial charge in [-0.3, -0.25) is 4.79 Å². The van der Waals surface area contributed by atoms with Crippen LogP contribution in [0.25, 0.3) is 5.69 Å². The van der Waals surface area contributed by atoms with Crippen LogP contribution in [0, 0.1) is 12.7 Å². The fourth-order valence-electron chi connectivity index (χ4n) is 3.17. The zero-order valence-corrected chi connectivity index (χ0v) is 17.4. The number of rotatable bonds is 9. The summed E-state index contributed by atoms with van der Waals surface area (Å²) >= 11 is 0. The maximum absolute atomic E-state index is 14.0. The highest BCUT2D eigenvalue weighted by Crippen LogP contribution is 2.28. The molecule has 3 aromatic rings. The maximum atomic E-state index is 14.0. The van der Waals surface area contributed by atoms with Gasteiger partial charge in [-0.2, -0.15) is 5.10 Å². The second kappa shape index (κ2) is 9.91. The molecular formula is C23H26FN3O3. The number of hydrogen-bond donors (Lipinski definition) is 1. The van der Waals surface area contributed by atoms with Gasteiger partial charge in [0.1, 0.15) is 11.5 Å². The number of amides is 1. The van der Waals surface area contributed by atoms with Crippen LogP contribution in [-0.4, -0.2) is 35.4 Å². The lowest BCUT2D eigenvalue weighted by Gasteiger charge is -2.12. The van der Waals surface area contributed by atoms with Gasteiger partial charge in [-0.05, 0) is 57.0 Å². The van der Waals surface area contributed by atoms with Crippen molar-refractivity contribution in [3.8, 4) is 17.2 Å². The number of ether oxygens (including phenoxy) is 2. The second-order valence-corrected chi connectivity index (χ2v) is 6.66. The first-order valence-corrected chi connectivity index (χ1v) is 10.0. The minimum Gasteiger partial charge on any atom is -0.490 e. The van der Waals surface area contributed by atoms with Crippen LogP contribution in [0.1, 0.15) is 35.5 Å². The molecule has 6 nitrogen and oxygen atoms in total. The lowest BCUT2D eigenvalue weighted by molar-refractivity contribution is 0.0953. The lowest BCUT2D eigenvalue weighted by atomic mass is 10.1. The van der Waals surface area contributed by atoms with Crippen LogP contribution in [-0.2, 0) is 6.42 Å². The first-order valence-electron chi connectivity index (χ1n) is 10.0. The van der Waals surface area contributed by atoms with E-state index in [0.29, 0.717) is 54.6 Å². The number of nitrogens with one attached hydrogen (secondary N) is 1. The minimum atomic E-state index is -0.392. The number of nitrogens with zero attached hydrogens (tertiary/aromatic N) is 2. The van der Waals surface area contributed by atoms with E-state index < -0.39 is 5.82 Å². The number of carbonyl (C=O) groups excluding carboxylic acids is 1. The standard InChI is InChI=1S/C23H26FN3O3/c1-4-29-21-11-10-17(14-22(21)30-5-2)12-13-25-23(28)18-15-26-27(16(18)3)20-9-7-6-8-19(20)24/h6-11,14-15H,4-5,12-13H2,1-3H3,(H,25,28). The van der Waals surface area contributed by atoms with Crippen LogP contribution < -0.4 is 14.8 Å². The SMILES string of the molecule is CCOc1ccc(CCNC(=O)c2cnn(-c3ccccc3F)c2C)cc1OCC. The van der Waals surface area contributed by atoms with Crippen LogP contribution in [0.4, 0.5) is 4.39 Å². The van der Waals surface area contributed by atoms with Gasteiger partial charge in [0.2, 0.25) is 0 Å². The smallest absolute Gasteiger partial charge is 0.254 e. The molecular weight excluding hydrogens is 385 g/mol. The van der Waals surface area contributed by atoms with E-state index in [0.717, 1.165) is 5.56 Å². The van der Waals surface area contributed by atoms with Gasteiger partial charge in [0.15, 0.2) is 11.5 Å². The Morgan fingerprint density at radius 1 is 1.10 bits per heavy atom. The molecule has 0 aliphatic rings. The molecule has 0 fully saturated rings. The fraction of sp³-hybridized carbons (Fsp3) is 0.304. The van der Waals surface area contributed by atoms with Crippen molar-refractivity contribution in [1.82, 2.24) is 15.1 Å². The van der Waals surface area contributed by atoms with Crippen LogP contribution in [0.3, 0.4) is 0 Å². The highest BCUT2D eigenvalue weighted by Gasteiger charge is 2.16. The molecule has 0 unspecified atom stereocenters. The molecule has 0 bridgehead atoms. The molecule has 1 aromatic heterocycles. The van der Waals surface area contributed by atoms with Gasteiger partial charge in [0, 0.05) is 6.54 Å². The number of benzene rings is 2. The van der Waals surface area contributed by atoms with Crippen LogP contribution in [0.2, 0.25) is 0 Å². The van der Waals surface area contributed by atoms with Crippen molar-refractivity contribution in [1.29, 1.82) is 0 Å². The third-order valence-corrected chi connectivity index (χ3v) is 4.64. The zero-order chi connectivity index (χ0) is 21.5. The van der Waals surface area contributed by atoms with E-state index in [4.69, 9.17) is 9.47 Å². The molecule has 158 valence electrons. The molecule has 0 aliphatic heterocycles. The van der Waals surface area contributed by atoms with Crippen LogP contribution in [0.15, 0.2) is 48.7 Å². The van der Waals surface area contributed by atoms with Crippen molar-refractivity contribution < 1.29 is 18.7 Å². The van der Waals surface area contributed by atoms with E-state index in [9.17, 15) is 9.18 Å². The first kappa shape index (κ1) is 21.4. The zero-order valence-electron chi connectivity index (χ0n) is 17.4. The van der Waals surface area contributed by atoms with E-state index in [1.54, 1.807) is 25.1 Å². The van der Waals surface area contributed by atoms with Crippen molar-refractivity contribution in [2.75, 3.05) is 19.8 Å². The van der Waals surface area contributed by atoms with Crippen LogP contribution >= 0.6 is 0 Å². The predicted octanol–water partition coefficient (Wildman–Crippen LogP) is 4.09. The molecule has 2 aromatic carbocycles. The van der Waals surface area contributed by atoms with Gasteiger partial charge in [-0.15, -0.1) is 0 Å². The maximum Gasteiger partial charge on any atom is 0.254 e. The van der Waals surface area contributed by atoms with Gasteiger partial charge in [-0.1, -0.05) is 18.2 Å². The van der Waals surface area contributed by atoms with Gasteiger partial charge < -0.3 is 14.8 Å². The monoisotopic (exact) mass is 411 g/mol. The third-order valence-electron chi connectivity index (χ3n) is 4.64. The molecule has 0 radical (unpaired) electrons. The highest BCUT2D eigenvalue weighted by atomic mass is 19.1. The lowest BCUT2D eigenvalue weighted by Crippen LogP contribution is -2.26. The molecule has 1 N–H and O–H groups in total. The fourth-order valence-corrected chi connectivity index (χ4v) is 3.17. The Hall–Kier alpha value is -3.35. The average molecular weight is 411 g/mol. The van der Waals surface area contributed by atoms with E-state index in [2.05, 4.69) is 10.4 Å². The molecule has 1 heterocycles. The topological polar surface area (TPSA) is 65.4 Å². The Labute approximate surface area is 175 Å². The van der Waals surface area contributed by atoms with Crippen LogP contribution in [0.5, 0.6) is 11.5 Å². The summed E-state index contributed by atoms with van der Waals surface area (Å²) in [5.74, 6) is 0.774. The van der Waals surface area contributed by atoms with Gasteiger partial charge in [0.25, 0.3) is 5.91 Å². The Balaban J connectivity index is 1.64. The summed E-state index contributed by atoms with van der Waals surface area (Å²) in [6, 6.07) is 12.1. The molecule has 0 saturated heterocycles. The largest absolute Gasteiger partial charge is 0.490 e. The van der Waals surface area contributed by atoms with Gasteiger partial charge >= 0.3 is 0 Å². The van der Waals surface area contributed by atoms with Gasteiger partial charge in [-0.25, -0.2) is 9.07 Å². The number of para-hydroxylation sites is 1. The van der Waals surface area contributed by atoms with Crippen molar-refractivity contribution in [2.45, 2.75) is 27.2 Å². The quantitative estimate of drug-likeness (QED) is 0.576. The molecule has 0 saturated carbocycles. The molecule has 1 amide bonds. The van der Waals surface area contributed by atoms with E-state index in [-0.39, 0.29) is 5.91 Å². The Bertz CT molecular complexity index is 1020. The summed E-state index contributed by atoms with van der Waals surface area (Å²) in [6.07, 6.45) is 2.10. The minimum absolute atomic E-state index is 0.244. The summed E-state index contributed by atoms with van der Waals surface area (Å²) in [5, 5.41) is 7.08. The van der Waals surface area contributed by atoms with E-state index >= 15 is 0 Å². The normalized spacial score (nSPS) is 10.7. The van der Waals surface area contributed by atoms with E-state index in [1.807, 2.05) is 32.0 Å². The number of carbonyl (C=O) groups is 1. The van der Waals surface area contributed by atoms with Gasteiger partial charge in [0.05, 0.1) is 30.7 Å². The molecule has 0 aliphatic carbocycles. The Morgan fingerprint density at radius 3 is 2.57 bits per heavy atom. The molecule has 30 heavy (non-hydrogen) atoms. The second-order valence-electron chi connectivity index (χ2n) is 6.66. The van der Waals surface area contributed by atoms with E-state index in [1.165, 1.54) is 16.9 Å². The molecule has 3 rings (SSSR count). The highest BCUT2D eigenvalue weighted by molar-refractivity contribution is 5.95. The molecule has 0 atom stereocenters. The summed E-state index contributed by atoms with van der Waals surface area (Å²) in [7, 11) is 0. The Morgan fingerprint density at radius 2 is 1.83 bits per heavy atom. The Kier molecular flexibility index (Phi) is 7.06. The predicted molar refractivity (Wildman–Crippen MR) is 113 cm³/mol. The summed E-state index contributed by atoms with van der Waals surface area (Å²) in [6.45, 7) is 7.15. The molecule has 0 spiro atoms. The first-order chi connectivity index (χ1) is 14.5. The van der Waals surface area contributed by atoms with Crippen molar-refractivity contribution in [3.63, 3.8) is 0 Å². The number of hydrogen-bond acceptors (Lipinski definition) is 4. The number of halogens is 1.